The van der Waals surface area contributed by atoms with Crippen LogP contribution in [-0.2, 0) is 18.9 Å². The van der Waals surface area contributed by atoms with Crippen molar-refractivity contribution >= 4 is 18.9 Å². The van der Waals surface area contributed by atoms with Crippen LogP contribution in [0.2, 0.25) is 0 Å². The van der Waals surface area contributed by atoms with Gasteiger partial charge in [0.2, 0.25) is 5.60 Å². The van der Waals surface area contributed by atoms with E-state index in [-0.39, 0.29) is 18.9 Å². The number of ketones is 1. The Morgan fingerprint density at radius 3 is 2.67 bits per heavy atom. The first kappa shape index (κ1) is 10.4. The SMILES string of the molecule is C=C(C)B1OC(=O)C2(CN(C)CC2=O)O1. The smallest absolute Gasteiger partial charge is 0.503 e. The van der Waals surface area contributed by atoms with E-state index in [2.05, 4.69) is 6.58 Å². The Hall–Kier alpha value is -1.14. The predicted octanol–water partition coefficient (Wildman–Crippen LogP) is -0.583. The van der Waals surface area contributed by atoms with Crippen molar-refractivity contribution in [3.05, 3.63) is 12.1 Å². The molecule has 6 heteroatoms. The zero-order valence-electron chi connectivity index (χ0n) is 8.78. The van der Waals surface area contributed by atoms with Crippen LogP contribution in [0.1, 0.15) is 6.92 Å². The quantitative estimate of drug-likeness (QED) is 0.427. The Labute approximate surface area is 88.2 Å². The van der Waals surface area contributed by atoms with Crippen LogP contribution in [-0.4, -0.2) is 49.5 Å². The van der Waals surface area contributed by atoms with Crippen molar-refractivity contribution in [3.8, 4) is 0 Å². The summed E-state index contributed by atoms with van der Waals surface area (Å²) in [6.45, 7) is 5.82. The number of nitrogens with zero attached hydrogens (tertiary/aromatic N) is 1. The van der Waals surface area contributed by atoms with Gasteiger partial charge in [0.05, 0.1) is 6.54 Å². The molecular formula is C9H12BNO4. The topological polar surface area (TPSA) is 55.8 Å². The molecule has 0 N–H and O–H groups in total. The highest BCUT2D eigenvalue weighted by Gasteiger charge is 2.61. The van der Waals surface area contributed by atoms with E-state index in [0.717, 1.165) is 0 Å². The number of likely N-dealkylation sites (N-methyl/N-ethyl adjacent to an activating group) is 1. The standard InChI is InChI=1S/C9H12BNO4/c1-6(2)10-14-8(13)9(15-10)5-11(3)4-7(9)12/h1,4-5H2,2-3H3. The number of carbonyl (C=O) groups is 2. The molecule has 0 amide bonds. The lowest BCUT2D eigenvalue weighted by atomic mass is 9.81. The predicted molar refractivity (Wildman–Crippen MR) is 53.0 cm³/mol. The average molecular weight is 209 g/mol. The van der Waals surface area contributed by atoms with E-state index < -0.39 is 18.7 Å². The van der Waals surface area contributed by atoms with Gasteiger partial charge in [-0.1, -0.05) is 0 Å². The molecule has 0 aromatic carbocycles. The molecule has 1 atom stereocenters. The van der Waals surface area contributed by atoms with Gasteiger partial charge in [-0.2, -0.15) is 0 Å². The van der Waals surface area contributed by atoms with Gasteiger partial charge in [0.15, 0.2) is 5.78 Å². The minimum absolute atomic E-state index is 0.220. The summed E-state index contributed by atoms with van der Waals surface area (Å²) in [5.41, 5.74) is -0.819. The maximum absolute atomic E-state index is 11.7. The molecule has 0 bridgehead atoms. The number of Topliss-reactive ketones (excluding diaryl/α,β-unsaturated/α-hetero) is 1. The van der Waals surface area contributed by atoms with Gasteiger partial charge in [-0.15, -0.1) is 6.58 Å². The van der Waals surface area contributed by atoms with Crippen LogP contribution in [0.15, 0.2) is 12.1 Å². The number of hydrogen-bond donors (Lipinski definition) is 0. The van der Waals surface area contributed by atoms with Crippen LogP contribution < -0.4 is 0 Å². The summed E-state index contributed by atoms with van der Waals surface area (Å²) in [4.78, 5) is 25.1. The van der Waals surface area contributed by atoms with Crippen LogP contribution in [0, 0.1) is 0 Å². The van der Waals surface area contributed by atoms with Crippen LogP contribution in [0.25, 0.3) is 0 Å². The highest BCUT2D eigenvalue weighted by atomic mass is 16.7. The van der Waals surface area contributed by atoms with Gasteiger partial charge < -0.3 is 9.31 Å². The summed E-state index contributed by atoms with van der Waals surface area (Å²) in [5, 5.41) is 0. The lowest BCUT2D eigenvalue weighted by Crippen LogP contribution is -2.45. The first-order chi connectivity index (χ1) is 6.95. The number of hydrogen-bond acceptors (Lipinski definition) is 5. The number of likely N-dealkylation sites (tertiary alicyclic amines) is 1. The third-order valence-electron chi connectivity index (χ3n) is 2.61. The molecule has 0 aromatic heterocycles. The molecule has 2 fully saturated rings. The molecule has 2 aliphatic rings. The fourth-order valence-electron chi connectivity index (χ4n) is 1.83. The zero-order chi connectivity index (χ0) is 11.2. The molecule has 1 spiro atoms. The van der Waals surface area contributed by atoms with Crippen LogP contribution >= 0.6 is 0 Å². The minimum atomic E-state index is -1.40. The minimum Gasteiger partial charge on any atom is -0.503 e. The monoisotopic (exact) mass is 209 g/mol. The first-order valence-corrected chi connectivity index (χ1v) is 4.72. The highest BCUT2D eigenvalue weighted by molar-refractivity contribution is 6.58. The fourth-order valence-corrected chi connectivity index (χ4v) is 1.83. The molecule has 80 valence electrons. The second-order valence-electron chi connectivity index (χ2n) is 4.12. The van der Waals surface area contributed by atoms with E-state index >= 15 is 0 Å². The zero-order valence-corrected chi connectivity index (χ0v) is 8.78. The molecule has 15 heavy (non-hydrogen) atoms. The Kier molecular flexibility index (Phi) is 2.20. The van der Waals surface area contributed by atoms with E-state index in [9.17, 15) is 9.59 Å². The van der Waals surface area contributed by atoms with Gasteiger partial charge >= 0.3 is 13.1 Å². The molecule has 0 saturated carbocycles. The second kappa shape index (κ2) is 3.18. The Bertz CT molecular complexity index is 356. The highest BCUT2D eigenvalue weighted by Crippen LogP contribution is 2.31. The van der Waals surface area contributed by atoms with E-state index in [1.807, 2.05) is 0 Å². The molecule has 0 radical (unpaired) electrons. The molecule has 1 unspecified atom stereocenters. The van der Waals surface area contributed by atoms with Crippen molar-refractivity contribution < 1.29 is 18.9 Å². The van der Waals surface area contributed by atoms with E-state index in [4.69, 9.17) is 9.31 Å². The van der Waals surface area contributed by atoms with Crippen molar-refractivity contribution in [2.45, 2.75) is 12.5 Å². The molecule has 2 saturated heterocycles. The van der Waals surface area contributed by atoms with Crippen LogP contribution in [0.5, 0.6) is 0 Å². The summed E-state index contributed by atoms with van der Waals surface area (Å²) < 4.78 is 10.4. The molecule has 2 heterocycles. The number of carbonyl (C=O) groups excluding carboxylic acids is 2. The lowest BCUT2D eigenvalue weighted by Gasteiger charge is -2.16. The largest absolute Gasteiger partial charge is 0.560 e. The van der Waals surface area contributed by atoms with Gasteiger partial charge in [0.1, 0.15) is 0 Å². The summed E-state index contributed by atoms with van der Waals surface area (Å²) in [7, 11) is 0.977. The van der Waals surface area contributed by atoms with Crippen molar-refractivity contribution in [2.24, 2.45) is 0 Å². The molecule has 5 nitrogen and oxygen atoms in total. The average Bonchev–Trinajstić information content (AvgIpc) is 2.57. The molecule has 0 aromatic rings. The van der Waals surface area contributed by atoms with Crippen molar-refractivity contribution in [1.82, 2.24) is 4.90 Å². The Morgan fingerprint density at radius 2 is 2.27 bits per heavy atom. The van der Waals surface area contributed by atoms with E-state index in [1.54, 1.807) is 18.9 Å². The van der Waals surface area contributed by atoms with Gasteiger partial charge in [-0.3, -0.25) is 14.5 Å². The Morgan fingerprint density at radius 1 is 1.60 bits per heavy atom. The van der Waals surface area contributed by atoms with E-state index in [1.165, 1.54) is 0 Å². The third kappa shape index (κ3) is 1.41. The summed E-state index contributed by atoms with van der Waals surface area (Å²) >= 11 is 0. The normalized spacial score (nSPS) is 31.5. The Balaban J connectivity index is 2.27. The first-order valence-electron chi connectivity index (χ1n) is 4.72. The molecule has 0 aliphatic carbocycles. The summed E-state index contributed by atoms with van der Waals surface area (Å²) in [6.07, 6.45) is 0. The number of rotatable bonds is 1. The summed E-state index contributed by atoms with van der Waals surface area (Å²) in [5.74, 6) is -0.830. The summed E-state index contributed by atoms with van der Waals surface area (Å²) in [6, 6.07) is 0. The van der Waals surface area contributed by atoms with Crippen molar-refractivity contribution in [1.29, 1.82) is 0 Å². The maximum atomic E-state index is 11.7. The van der Waals surface area contributed by atoms with E-state index in [0.29, 0.717) is 5.47 Å². The van der Waals surface area contributed by atoms with Crippen LogP contribution in [0.3, 0.4) is 0 Å². The van der Waals surface area contributed by atoms with Gasteiger partial charge in [-0.05, 0) is 19.4 Å². The molecular weight excluding hydrogens is 197 g/mol. The van der Waals surface area contributed by atoms with Crippen molar-refractivity contribution in [2.75, 3.05) is 20.1 Å². The molecule has 2 aliphatic heterocycles. The van der Waals surface area contributed by atoms with Gasteiger partial charge in [0.25, 0.3) is 0 Å². The third-order valence-corrected chi connectivity index (χ3v) is 2.61. The fraction of sp³-hybridized carbons (Fsp3) is 0.556. The second-order valence-corrected chi connectivity index (χ2v) is 4.12. The lowest BCUT2D eigenvalue weighted by molar-refractivity contribution is -0.148. The maximum Gasteiger partial charge on any atom is 0.560 e. The van der Waals surface area contributed by atoms with Gasteiger partial charge in [-0.25, -0.2) is 0 Å². The number of allylic oxidation sites excluding steroid dienone is 1. The van der Waals surface area contributed by atoms with Gasteiger partial charge in [0, 0.05) is 6.54 Å². The molecule has 2 rings (SSSR count). The van der Waals surface area contributed by atoms with Crippen molar-refractivity contribution in [3.63, 3.8) is 0 Å². The van der Waals surface area contributed by atoms with Crippen LogP contribution in [0.4, 0.5) is 0 Å².